The molecule has 1 heterocycles. The molecule has 1 unspecified atom stereocenters. The van der Waals surface area contributed by atoms with Gasteiger partial charge >= 0.3 is 12.1 Å². The molecule has 0 bridgehead atoms. The smallest absolute Gasteiger partial charge is 0.405 e. The number of amides is 1. The minimum atomic E-state index is -1.34. The molecular formula is C14H16N2O4. The van der Waals surface area contributed by atoms with Crippen molar-refractivity contribution in [2.24, 2.45) is 0 Å². The molecule has 0 fully saturated rings. The Hall–Kier alpha value is -2.50. The molecule has 0 aliphatic carbocycles. The van der Waals surface area contributed by atoms with Crippen LogP contribution in [0.5, 0.6) is 0 Å². The summed E-state index contributed by atoms with van der Waals surface area (Å²) in [6, 6.07) is 6.53. The Morgan fingerprint density at radius 2 is 2.00 bits per heavy atom. The Morgan fingerprint density at radius 1 is 1.30 bits per heavy atom. The third-order valence-corrected chi connectivity index (χ3v) is 3.23. The summed E-state index contributed by atoms with van der Waals surface area (Å²) in [6.45, 7) is 2.77. The first kappa shape index (κ1) is 13.9. The van der Waals surface area contributed by atoms with Gasteiger partial charge in [-0.15, -0.1) is 0 Å². The number of nitrogens with one attached hydrogen (secondary N) is 1. The summed E-state index contributed by atoms with van der Waals surface area (Å²) in [5, 5.41) is 20.8. The van der Waals surface area contributed by atoms with Gasteiger partial charge < -0.3 is 20.1 Å². The lowest BCUT2D eigenvalue weighted by Gasteiger charge is -2.11. The predicted octanol–water partition coefficient (Wildman–Crippen LogP) is 1.92. The molecule has 106 valence electrons. The fourth-order valence-electron chi connectivity index (χ4n) is 2.32. The van der Waals surface area contributed by atoms with Gasteiger partial charge in [0.05, 0.1) is 0 Å². The molecular weight excluding hydrogens is 260 g/mol. The van der Waals surface area contributed by atoms with E-state index in [2.05, 4.69) is 0 Å². The number of carboxylic acid groups (broad SMARTS) is 2. The summed E-state index contributed by atoms with van der Waals surface area (Å²) < 4.78 is 2.02. The minimum absolute atomic E-state index is 0.120. The second-order valence-corrected chi connectivity index (χ2v) is 4.50. The highest BCUT2D eigenvalue weighted by Gasteiger charge is 2.22. The van der Waals surface area contributed by atoms with Crippen LogP contribution in [0.4, 0.5) is 4.79 Å². The Morgan fingerprint density at radius 3 is 2.60 bits per heavy atom. The Kier molecular flexibility index (Phi) is 3.93. The Bertz CT molecular complexity index is 648. The maximum atomic E-state index is 11.1. The van der Waals surface area contributed by atoms with Crippen LogP contribution < -0.4 is 5.32 Å². The van der Waals surface area contributed by atoms with Crippen LogP contribution >= 0.6 is 0 Å². The van der Waals surface area contributed by atoms with Crippen molar-refractivity contribution < 1.29 is 19.8 Å². The van der Waals surface area contributed by atoms with E-state index in [-0.39, 0.29) is 6.42 Å². The molecule has 1 aromatic carbocycles. The molecule has 6 heteroatoms. The molecule has 2 rings (SSSR count). The van der Waals surface area contributed by atoms with Gasteiger partial charge in [0, 0.05) is 30.1 Å². The number of benzene rings is 1. The van der Waals surface area contributed by atoms with E-state index < -0.39 is 18.1 Å². The summed E-state index contributed by atoms with van der Waals surface area (Å²) in [7, 11) is 0. The monoisotopic (exact) mass is 276 g/mol. The van der Waals surface area contributed by atoms with Crippen molar-refractivity contribution in [3.63, 3.8) is 0 Å². The summed E-state index contributed by atoms with van der Waals surface area (Å²) in [4.78, 5) is 21.8. The molecule has 3 N–H and O–H groups in total. The predicted molar refractivity (Wildman–Crippen MR) is 73.9 cm³/mol. The number of carbonyl (C=O) groups is 2. The van der Waals surface area contributed by atoms with Crippen LogP contribution in [-0.4, -0.2) is 32.9 Å². The van der Waals surface area contributed by atoms with Crippen LogP contribution in [0.2, 0.25) is 0 Å². The van der Waals surface area contributed by atoms with Gasteiger partial charge in [0.25, 0.3) is 0 Å². The number of carboxylic acids is 1. The van der Waals surface area contributed by atoms with E-state index >= 15 is 0 Å². The molecule has 1 atom stereocenters. The van der Waals surface area contributed by atoms with Crippen molar-refractivity contribution in [1.29, 1.82) is 0 Å². The van der Waals surface area contributed by atoms with Crippen molar-refractivity contribution in [1.82, 2.24) is 9.88 Å². The van der Waals surface area contributed by atoms with Gasteiger partial charge in [-0.3, -0.25) is 0 Å². The maximum absolute atomic E-state index is 11.1. The second-order valence-electron chi connectivity index (χ2n) is 4.50. The largest absolute Gasteiger partial charge is 0.480 e. The normalized spacial score (nSPS) is 12.2. The zero-order chi connectivity index (χ0) is 14.7. The van der Waals surface area contributed by atoms with Crippen molar-refractivity contribution in [3.8, 4) is 0 Å². The van der Waals surface area contributed by atoms with Crippen molar-refractivity contribution in [2.75, 3.05) is 0 Å². The summed E-state index contributed by atoms with van der Waals surface area (Å²) >= 11 is 0. The molecule has 1 aromatic heterocycles. The number of hydrogen-bond donors (Lipinski definition) is 3. The highest BCUT2D eigenvalue weighted by atomic mass is 16.4. The number of aromatic nitrogens is 1. The van der Waals surface area contributed by atoms with E-state index in [1.807, 2.05) is 47.3 Å². The lowest BCUT2D eigenvalue weighted by molar-refractivity contribution is -0.139. The number of nitrogens with zero attached hydrogens (tertiary/aromatic N) is 1. The van der Waals surface area contributed by atoms with Crippen molar-refractivity contribution >= 4 is 23.0 Å². The molecule has 1 amide bonds. The van der Waals surface area contributed by atoms with Crippen molar-refractivity contribution in [2.45, 2.75) is 25.9 Å². The van der Waals surface area contributed by atoms with E-state index in [9.17, 15) is 9.59 Å². The van der Waals surface area contributed by atoms with Gasteiger partial charge in [-0.05, 0) is 18.6 Å². The Balaban J connectivity index is 2.37. The minimum Gasteiger partial charge on any atom is -0.480 e. The fourth-order valence-corrected chi connectivity index (χ4v) is 2.32. The van der Waals surface area contributed by atoms with E-state index in [1.54, 1.807) is 0 Å². The highest BCUT2D eigenvalue weighted by molar-refractivity contribution is 5.86. The number of hydrogen-bond acceptors (Lipinski definition) is 2. The Labute approximate surface area is 115 Å². The second kappa shape index (κ2) is 5.64. The van der Waals surface area contributed by atoms with E-state index in [0.29, 0.717) is 0 Å². The lowest BCUT2D eigenvalue weighted by Crippen LogP contribution is -2.41. The maximum Gasteiger partial charge on any atom is 0.405 e. The first-order valence-corrected chi connectivity index (χ1v) is 6.32. The van der Waals surface area contributed by atoms with Crippen LogP contribution in [-0.2, 0) is 17.8 Å². The van der Waals surface area contributed by atoms with Crippen molar-refractivity contribution in [3.05, 3.63) is 36.0 Å². The van der Waals surface area contributed by atoms with Gasteiger partial charge in [0.15, 0.2) is 0 Å². The number of para-hydroxylation sites is 1. The first-order valence-electron chi connectivity index (χ1n) is 6.32. The van der Waals surface area contributed by atoms with Crippen LogP contribution in [0.1, 0.15) is 12.5 Å². The van der Waals surface area contributed by atoms with Gasteiger partial charge in [-0.25, -0.2) is 9.59 Å². The molecule has 0 spiro atoms. The molecule has 0 saturated heterocycles. The highest BCUT2D eigenvalue weighted by Crippen LogP contribution is 2.22. The number of rotatable bonds is 5. The zero-order valence-electron chi connectivity index (χ0n) is 11.0. The number of aliphatic carboxylic acids is 1. The summed E-state index contributed by atoms with van der Waals surface area (Å²) in [5.74, 6) is -1.18. The van der Waals surface area contributed by atoms with Gasteiger partial charge in [-0.2, -0.15) is 0 Å². The average Bonchev–Trinajstić information content (AvgIpc) is 2.76. The zero-order valence-corrected chi connectivity index (χ0v) is 11.0. The summed E-state index contributed by atoms with van der Waals surface area (Å²) in [6.07, 6.45) is 0.663. The number of fused-ring (bicyclic) bond motifs is 1. The molecule has 0 radical (unpaired) electrons. The molecule has 2 aromatic rings. The van der Waals surface area contributed by atoms with Gasteiger partial charge in [0.2, 0.25) is 0 Å². The standard InChI is InChI=1S/C14H16N2O4/c1-2-16-8-9(10-5-3-4-6-12(10)16)7-11(13(17)18)15-14(19)20/h3-6,8,11,15H,2,7H2,1H3,(H,17,18)(H,19,20). The topological polar surface area (TPSA) is 91.6 Å². The third kappa shape index (κ3) is 2.74. The third-order valence-electron chi connectivity index (χ3n) is 3.23. The molecule has 0 aliphatic rings. The number of aryl methyl sites for hydroxylation is 1. The molecule has 6 nitrogen and oxygen atoms in total. The molecule has 0 aliphatic heterocycles. The van der Waals surface area contributed by atoms with Crippen LogP contribution in [0, 0.1) is 0 Å². The van der Waals surface area contributed by atoms with E-state index in [0.717, 1.165) is 23.0 Å². The quantitative estimate of drug-likeness (QED) is 0.778. The molecule has 0 saturated carbocycles. The van der Waals surface area contributed by atoms with Gasteiger partial charge in [-0.1, -0.05) is 18.2 Å². The van der Waals surface area contributed by atoms with Crippen LogP contribution in [0.3, 0.4) is 0 Å². The van der Waals surface area contributed by atoms with Crippen LogP contribution in [0.15, 0.2) is 30.5 Å². The first-order chi connectivity index (χ1) is 9.52. The molecule has 20 heavy (non-hydrogen) atoms. The fraction of sp³-hybridized carbons (Fsp3) is 0.286. The average molecular weight is 276 g/mol. The van der Waals surface area contributed by atoms with Crippen LogP contribution in [0.25, 0.3) is 10.9 Å². The SMILES string of the molecule is CCn1cc(CC(NC(=O)O)C(=O)O)c2ccccc21. The summed E-state index contributed by atoms with van der Waals surface area (Å²) in [5.41, 5.74) is 1.84. The van der Waals surface area contributed by atoms with E-state index in [1.165, 1.54) is 0 Å². The lowest BCUT2D eigenvalue weighted by atomic mass is 10.1. The van der Waals surface area contributed by atoms with Gasteiger partial charge in [0.1, 0.15) is 6.04 Å². The van der Waals surface area contributed by atoms with E-state index in [4.69, 9.17) is 10.2 Å².